The van der Waals surface area contributed by atoms with Crippen LogP contribution in [0.15, 0.2) is 24.5 Å². The Hall–Kier alpha value is -1.58. The SMILES string of the molecule is c1cc2nc(NC3CCCCCC3)ccn2n1. The number of anilines is 1. The second kappa shape index (κ2) is 4.73. The molecular weight excluding hydrogens is 212 g/mol. The summed E-state index contributed by atoms with van der Waals surface area (Å²) >= 11 is 0. The number of nitrogens with one attached hydrogen (secondary N) is 1. The minimum absolute atomic E-state index is 0.593. The zero-order valence-electron chi connectivity index (χ0n) is 9.97. The van der Waals surface area contributed by atoms with Gasteiger partial charge in [-0.1, -0.05) is 25.7 Å². The molecule has 0 saturated heterocycles. The highest BCUT2D eigenvalue weighted by Crippen LogP contribution is 2.20. The number of nitrogens with zero attached hydrogens (tertiary/aromatic N) is 3. The lowest BCUT2D eigenvalue weighted by Gasteiger charge is -2.16. The average molecular weight is 230 g/mol. The van der Waals surface area contributed by atoms with Crippen molar-refractivity contribution in [3.8, 4) is 0 Å². The number of rotatable bonds is 2. The van der Waals surface area contributed by atoms with Crippen molar-refractivity contribution in [3.63, 3.8) is 0 Å². The van der Waals surface area contributed by atoms with Crippen LogP contribution in [0.5, 0.6) is 0 Å². The second-order valence-electron chi connectivity index (χ2n) is 4.78. The molecule has 0 aromatic carbocycles. The third-order valence-corrected chi connectivity index (χ3v) is 3.47. The first kappa shape index (κ1) is 10.6. The Morgan fingerprint density at radius 1 is 1.12 bits per heavy atom. The average Bonchev–Trinajstić information content (AvgIpc) is 2.65. The topological polar surface area (TPSA) is 42.2 Å². The van der Waals surface area contributed by atoms with Crippen molar-refractivity contribution in [2.75, 3.05) is 5.32 Å². The van der Waals surface area contributed by atoms with E-state index in [0.717, 1.165) is 11.5 Å². The molecule has 0 amide bonds. The lowest BCUT2D eigenvalue weighted by Crippen LogP contribution is -2.19. The fourth-order valence-electron chi connectivity index (χ4n) is 2.53. The molecular formula is C13H18N4. The molecule has 0 atom stereocenters. The van der Waals surface area contributed by atoms with Crippen molar-refractivity contribution in [3.05, 3.63) is 24.5 Å². The fraction of sp³-hybridized carbons (Fsp3) is 0.538. The van der Waals surface area contributed by atoms with E-state index in [1.807, 2.05) is 18.3 Å². The van der Waals surface area contributed by atoms with Crippen LogP contribution in [-0.4, -0.2) is 20.6 Å². The Labute approximate surface area is 101 Å². The van der Waals surface area contributed by atoms with Crippen LogP contribution >= 0.6 is 0 Å². The predicted molar refractivity (Wildman–Crippen MR) is 68.1 cm³/mol. The number of fused-ring (bicyclic) bond motifs is 1. The van der Waals surface area contributed by atoms with Crippen LogP contribution in [-0.2, 0) is 0 Å². The Balaban J connectivity index is 1.74. The monoisotopic (exact) mass is 230 g/mol. The summed E-state index contributed by atoms with van der Waals surface area (Å²) < 4.78 is 1.79. The van der Waals surface area contributed by atoms with Crippen LogP contribution in [0, 0.1) is 0 Å². The van der Waals surface area contributed by atoms with E-state index < -0.39 is 0 Å². The van der Waals surface area contributed by atoms with E-state index in [0.29, 0.717) is 6.04 Å². The lowest BCUT2D eigenvalue weighted by atomic mass is 10.1. The van der Waals surface area contributed by atoms with E-state index in [1.165, 1.54) is 38.5 Å². The molecule has 4 nitrogen and oxygen atoms in total. The molecule has 1 saturated carbocycles. The molecule has 3 rings (SSSR count). The highest BCUT2D eigenvalue weighted by molar-refractivity contribution is 5.45. The number of aromatic nitrogens is 3. The summed E-state index contributed by atoms with van der Waals surface area (Å²) in [7, 11) is 0. The summed E-state index contributed by atoms with van der Waals surface area (Å²) in [6.45, 7) is 0. The summed E-state index contributed by atoms with van der Waals surface area (Å²) in [4.78, 5) is 4.55. The quantitative estimate of drug-likeness (QED) is 0.807. The Kier molecular flexibility index (Phi) is 2.94. The van der Waals surface area contributed by atoms with Gasteiger partial charge in [0.15, 0.2) is 5.65 Å². The maximum atomic E-state index is 4.55. The Bertz CT molecular complexity index is 483. The van der Waals surface area contributed by atoms with E-state index in [-0.39, 0.29) is 0 Å². The largest absolute Gasteiger partial charge is 0.367 e. The van der Waals surface area contributed by atoms with Gasteiger partial charge in [0.1, 0.15) is 5.82 Å². The van der Waals surface area contributed by atoms with Crippen molar-refractivity contribution in [2.45, 2.75) is 44.6 Å². The molecule has 1 aliphatic rings. The van der Waals surface area contributed by atoms with Gasteiger partial charge < -0.3 is 5.32 Å². The zero-order valence-corrected chi connectivity index (χ0v) is 9.97. The van der Waals surface area contributed by atoms with Gasteiger partial charge in [0.05, 0.1) is 6.20 Å². The second-order valence-corrected chi connectivity index (χ2v) is 4.78. The molecule has 1 fully saturated rings. The predicted octanol–water partition coefficient (Wildman–Crippen LogP) is 2.86. The molecule has 0 bridgehead atoms. The van der Waals surface area contributed by atoms with Gasteiger partial charge in [-0.3, -0.25) is 0 Å². The van der Waals surface area contributed by atoms with Crippen LogP contribution in [0.2, 0.25) is 0 Å². The third kappa shape index (κ3) is 2.40. The van der Waals surface area contributed by atoms with Crippen molar-refractivity contribution >= 4 is 11.5 Å². The number of hydrogen-bond donors (Lipinski definition) is 1. The van der Waals surface area contributed by atoms with Crippen LogP contribution in [0.1, 0.15) is 38.5 Å². The molecule has 90 valence electrons. The standard InChI is InChI=1S/C13H18N4/c1-2-4-6-11(5-3-1)15-12-8-10-17-13(16-12)7-9-14-17/h7-11H,1-6H2,(H,15,16). The van der Waals surface area contributed by atoms with Gasteiger partial charge >= 0.3 is 0 Å². The maximum Gasteiger partial charge on any atom is 0.157 e. The summed E-state index contributed by atoms with van der Waals surface area (Å²) in [5.74, 6) is 0.977. The normalized spacial score (nSPS) is 18.1. The molecule has 2 heterocycles. The third-order valence-electron chi connectivity index (χ3n) is 3.47. The molecule has 4 heteroatoms. The van der Waals surface area contributed by atoms with Crippen LogP contribution in [0.4, 0.5) is 5.82 Å². The fourth-order valence-corrected chi connectivity index (χ4v) is 2.53. The Morgan fingerprint density at radius 2 is 1.94 bits per heavy atom. The smallest absolute Gasteiger partial charge is 0.157 e. The van der Waals surface area contributed by atoms with Gasteiger partial charge in [0.2, 0.25) is 0 Å². The van der Waals surface area contributed by atoms with Gasteiger partial charge in [-0.25, -0.2) is 9.50 Å². The van der Waals surface area contributed by atoms with Crippen LogP contribution in [0.25, 0.3) is 5.65 Å². The maximum absolute atomic E-state index is 4.55. The van der Waals surface area contributed by atoms with E-state index in [2.05, 4.69) is 15.4 Å². The Morgan fingerprint density at radius 3 is 2.76 bits per heavy atom. The molecule has 1 aliphatic carbocycles. The summed E-state index contributed by atoms with van der Waals surface area (Å²) in [6.07, 6.45) is 11.7. The van der Waals surface area contributed by atoms with Crippen molar-refractivity contribution in [1.82, 2.24) is 14.6 Å². The van der Waals surface area contributed by atoms with Gasteiger partial charge in [-0.15, -0.1) is 0 Å². The van der Waals surface area contributed by atoms with Gasteiger partial charge in [-0.2, -0.15) is 5.10 Å². The highest BCUT2D eigenvalue weighted by Gasteiger charge is 2.12. The van der Waals surface area contributed by atoms with Crippen LogP contribution < -0.4 is 5.32 Å². The molecule has 2 aromatic rings. The summed E-state index contributed by atoms with van der Waals surface area (Å²) in [6, 6.07) is 4.53. The van der Waals surface area contributed by atoms with Crippen LogP contribution in [0.3, 0.4) is 0 Å². The first-order valence-electron chi connectivity index (χ1n) is 6.49. The van der Waals surface area contributed by atoms with E-state index in [1.54, 1.807) is 10.7 Å². The van der Waals surface area contributed by atoms with E-state index in [9.17, 15) is 0 Å². The molecule has 0 spiro atoms. The summed E-state index contributed by atoms with van der Waals surface area (Å²) in [5.41, 5.74) is 0.906. The molecule has 2 aromatic heterocycles. The first-order chi connectivity index (χ1) is 8.42. The zero-order chi connectivity index (χ0) is 11.5. The molecule has 1 N–H and O–H groups in total. The number of hydrogen-bond acceptors (Lipinski definition) is 3. The minimum Gasteiger partial charge on any atom is -0.367 e. The lowest BCUT2D eigenvalue weighted by molar-refractivity contribution is 0.617. The molecule has 17 heavy (non-hydrogen) atoms. The van der Waals surface area contributed by atoms with Crippen molar-refractivity contribution in [1.29, 1.82) is 0 Å². The van der Waals surface area contributed by atoms with E-state index in [4.69, 9.17) is 0 Å². The molecule has 0 unspecified atom stereocenters. The van der Waals surface area contributed by atoms with Crippen molar-refractivity contribution < 1.29 is 0 Å². The van der Waals surface area contributed by atoms with Gasteiger partial charge in [0, 0.05) is 18.3 Å². The molecule has 0 radical (unpaired) electrons. The molecule has 0 aliphatic heterocycles. The van der Waals surface area contributed by atoms with Crippen molar-refractivity contribution in [2.24, 2.45) is 0 Å². The summed E-state index contributed by atoms with van der Waals surface area (Å²) in [5, 5.41) is 7.70. The van der Waals surface area contributed by atoms with Gasteiger partial charge in [-0.05, 0) is 18.9 Å². The van der Waals surface area contributed by atoms with E-state index >= 15 is 0 Å². The highest BCUT2D eigenvalue weighted by atomic mass is 15.2. The van der Waals surface area contributed by atoms with Gasteiger partial charge in [0.25, 0.3) is 0 Å². The first-order valence-corrected chi connectivity index (χ1v) is 6.49. The minimum atomic E-state index is 0.593.